The first kappa shape index (κ1) is 29.0. The van der Waals surface area contributed by atoms with Crippen molar-refractivity contribution in [2.75, 3.05) is 37.8 Å². The normalized spacial score (nSPS) is 12.0. The van der Waals surface area contributed by atoms with E-state index in [0.29, 0.717) is 31.0 Å². The average Bonchev–Trinajstić information content (AvgIpc) is 3.41. The first-order valence-electron chi connectivity index (χ1n) is 13.6. The highest BCUT2D eigenvalue weighted by Gasteiger charge is 2.43. The number of anilines is 1. The Balaban J connectivity index is 1.54. The van der Waals surface area contributed by atoms with Crippen LogP contribution in [-0.2, 0) is 13.3 Å². The molecule has 0 aliphatic heterocycles. The van der Waals surface area contributed by atoms with Crippen LogP contribution in [0.15, 0.2) is 69.9 Å². The van der Waals surface area contributed by atoms with Crippen molar-refractivity contribution in [3.8, 4) is 10.4 Å². The van der Waals surface area contributed by atoms with E-state index in [1.54, 1.807) is 11.3 Å². The molecule has 8 heteroatoms. The molecule has 2 aromatic carbocycles. The van der Waals surface area contributed by atoms with Gasteiger partial charge in [0.15, 0.2) is 0 Å². The summed E-state index contributed by atoms with van der Waals surface area (Å²) in [6, 6.07) is 20.1. The van der Waals surface area contributed by atoms with Gasteiger partial charge in [0.1, 0.15) is 5.58 Å². The van der Waals surface area contributed by atoms with E-state index in [1.807, 2.05) is 75.4 Å². The van der Waals surface area contributed by atoms with Crippen LogP contribution in [0.2, 0.25) is 0 Å². The predicted octanol–water partition coefficient (Wildman–Crippen LogP) is 6.79. The molecule has 0 N–H and O–H groups in total. The molecule has 6 nitrogen and oxygen atoms in total. The van der Waals surface area contributed by atoms with Gasteiger partial charge >= 0.3 is 14.4 Å². The fourth-order valence-electron chi connectivity index (χ4n) is 4.57. The maximum atomic E-state index is 12.9. The molecule has 0 amide bonds. The van der Waals surface area contributed by atoms with E-state index in [1.165, 1.54) is 0 Å². The van der Waals surface area contributed by atoms with Gasteiger partial charge in [-0.3, -0.25) is 0 Å². The van der Waals surface area contributed by atoms with Crippen LogP contribution in [0.25, 0.3) is 33.6 Å². The summed E-state index contributed by atoms with van der Waals surface area (Å²) >= 11 is 1.56. The van der Waals surface area contributed by atoms with Crippen LogP contribution in [0.1, 0.15) is 45.1 Å². The third-order valence-corrected chi connectivity index (χ3v) is 10.6. The lowest BCUT2D eigenvalue weighted by Gasteiger charge is -2.28. The Labute approximate surface area is 235 Å². The molecule has 39 heavy (non-hydrogen) atoms. The van der Waals surface area contributed by atoms with E-state index in [-0.39, 0.29) is 5.63 Å². The maximum Gasteiger partial charge on any atom is 0.537 e. The van der Waals surface area contributed by atoms with Crippen LogP contribution >= 0.6 is 11.3 Å². The molecule has 0 fully saturated rings. The molecule has 206 valence electrons. The van der Waals surface area contributed by atoms with Crippen molar-refractivity contribution in [2.45, 2.75) is 34.6 Å². The van der Waals surface area contributed by atoms with E-state index in [4.69, 9.17) is 17.7 Å². The standard InChI is InChI=1S/C31H37NO5SSi/c1-6-32(7-2)25-15-14-24-21-28(31(33)37-29(24)22-25)30-20-17-26(38-30)16-11-23-12-18-27(19-13-23)39(34-8-3,35-9-4)36-10-5/h11-22H,6-10H2,1-5H3. The minimum Gasteiger partial charge on any atom is -0.422 e. The summed E-state index contributed by atoms with van der Waals surface area (Å²) in [5.74, 6) is 0. The summed E-state index contributed by atoms with van der Waals surface area (Å²) in [4.78, 5) is 17.0. The summed E-state index contributed by atoms with van der Waals surface area (Å²) in [6.45, 7) is 13.5. The number of rotatable bonds is 13. The molecule has 0 unspecified atom stereocenters. The van der Waals surface area contributed by atoms with Crippen molar-refractivity contribution in [2.24, 2.45) is 0 Å². The third-order valence-electron chi connectivity index (χ3n) is 6.45. The van der Waals surface area contributed by atoms with Crippen LogP contribution in [0, 0.1) is 0 Å². The smallest absolute Gasteiger partial charge is 0.422 e. The second kappa shape index (κ2) is 13.4. The molecule has 0 saturated carbocycles. The lowest BCUT2D eigenvalue weighted by atomic mass is 10.1. The molecule has 4 aromatic rings. The number of hydrogen-bond acceptors (Lipinski definition) is 7. The van der Waals surface area contributed by atoms with Gasteiger partial charge in [-0.05, 0) is 76.6 Å². The fraction of sp³-hybridized carbons (Fsp3) is 0.323. The largest absolute Gasteiger partial charge is 0.537 e. The summed E-state index contributed by atoms with van der Waals surface area (Å²) in [5.41, 5.74) is 2.98. The Hall–Kier alpha value is -3.01. The van der Waals surface area contributed by atoms with E-state index in [0.717, 1.165) is 44.7 Å². The molecule has 0 atom stereocenters. The van der Waals surface area contributed by atoms with Gasteiger partial charge in [0.2, 0.25) is 0 Å². The minimum absolute atomic E-state index is 0.322. The molecular formula is C31H37NO5SSi. The van der Waals surface area contributed by atoms with Crippen molar-refractivity contribution in [1.29, 1.82) is 0 Å². The molecular weight excluding hydrogens is 526 g/mol. The van der Waals surface area contributed by atoms with Gasteiger partial charge in [0, 0.05) is 65.0 Å². The number of fused-ring (bicyclic) bond motifs is 1. The number of hydrogen-bond donors (Lipinski definition) is 0. The lowest BCUT2D eigenvalue weighted by molar-refractivity contribution is 0.0859. The van der Waals surface area contributed by atoms with Gasteiger partial charge in [-0.25, -0.2) is 4.79 Å². The topological polar surface area (TPSA) is 61.1 Å². The zero-order valence-electron chi connectivity index (χ0n) is 23.4. The molecule has 0 aliphatic rings. The van der Waals surface area contributed by atoms with Gasteiger partial charge < -0.3 is 22.6 Å². The molecule has 0 spiro atoms. The van der Waals surface area contributed by atoms with Gasteiger partial charge in [-0.1, -0.05) is 30.3 Å². The highest BCUT2D eigenvalue weighted by Crippen LogP contribution is 2.30. The maximum absolute atomic E-state index is 12.9. The zero-order chi connectivity index (χ0) is 27.8. The van der Waals surface area contributed by atoms with Crippen LogP contribution in [0.3, 0.4) is 0 Å². The Bertz CT molecular complexity index is 1440. The molecule has 0 saturated heterocycles. The SMILES string of the molecule is CCO[Si](OCC)(OCC)c1ccc(C=Cc2ccc(-c3cc4ccc(N(CC)CC)cc4oc3=O)s2)cc1. The van der Waals surface area contributed by atoms with Gasteiger partial charge in [-0.2, -0.15) is 0 Å². The Morgan fingerprint density at radius 1 is 0.821 bits per heavy atom. The first-order valence-corrected chi connectivity index (χ1v) is 16.1. The average molecular weight is 564 g/mol. The number of benzene rings is 2. The molecule has 0 aliphatic carbocycles. The van der Waals surface area contributed by atoms with Crippen molar-refractivity contribution in [1.82, 2.24) is 0 Å². The number of thiophene rings is 1. The van der Waals surface area contributed by atoms with Crippen LogP contribution in [-0.4, -0.2) is 41.7 Å². The third kappa shape index (κ3) is 6.59. The van der Waals surface area contributed by atoms with Gasteiger partial charge in [-0.15, -0.1) is 11.3 Å². The van der Waals surface area contributed by atoms with Crippen molar-refractivity contribution >= 4 is 54.1 Å². The quantitative estimate of drug-likeness (QED) is 0.132. The summed E-state index contributed by atoms with van der Waals surface area (Å²) in [5, 5.41) is 1.87. The van der Waals surface area contributed by atoms with Crippen LogP contribution < -0.4 is 15.7 Å². The van der Waals surface area contributed by atoms with Gasteiger partial charge in [0.25, 0.3) is 0 Å². The van der Waals surface area contributed by atoms with E-state index in [2.05, 4.69) is 37.0 Å². The lowest BCUT2D eigenvalue weighted by Crippen LogP contribution is -2.56. The van der Waals surface area contributed by atoms with E-state index in [9.17, 15) is 4.79 Å². The zero-order valence-corrected chi connectivity index (χ0v) is 25.2. The summed E-state index contributed by atoms with van der Waals surface area (Å²) in [7, 11) is -2.92. The van der Waals surface area contributed by atoms with E-state index >= 15 is 0 Å². The summed E-state index contributed by atoms with van der Waals surface area (Å²) in [6.07, 6.45) is 4.11. The highest BCUT2D eigenvalue weighted by molar-refractivity contribution is 7.16. The minimum atomic E-state index is -2.92. The summed E-state index contributed by atoms with van der Waals surface area (Å²) < 4.78 is 23.8. The molecule has 0 bridgehead atoms. The second-order valence-electron chi connectivity index (χ2n) is 8.85. The van der Waals surface area contributed by atoms with Crippen LogP contribution in [0.4, 0.5) is 5.69 Å². The predicted molar refractivity (Wildman–Crippen MR) is 165 cm³/mol. The van der Waals surface area contributed by atoms with Gasteiger partial charge in [0.05, 0.1) is 5.56 Å². The van der Waals surface area contributed by atoms with Crippen LogP contribution in [0.5, 0.6) is 0 Å². The fourth-order valence-corrected chi connectivity index (χ4v) is 7.95. The first-order chi connectivity index (χ1) is 19.0. The second-order valence-corrected chi connectivity index (χ2v) is 12.5. The molecule has 4 rings (SSSR count). The Kier molecular flexibility index (Phi) is 9.93. The highest BCUT2D eigenvalue weighted by atomic mass is 32.1. The Morgan fingerprint density at radius 2 is 1.49 bits per heavy atom. The molecule has 2 heterocycles. The van der Waals surface area contributed by atoms with E-state index < -0.39 is 8.80 Å². The number of nitrogens with zero attached hydrogens (tertiary/aromatic N) is 1. The molecule has 0 radical (unpaired) electrons. The van der Waals surface area contributed by atoms with Crippen molar-refractivity contribution in [3.05, 3.63) is 81.5 Å². The van der Waals surface area contributed by atoms with Crippen molar-refractivity contribution in [3.63, 3.8) is 0 Å². The van der Waals surface area contributed by atoms with Crippen molar-refractivity contribution < 1.29 is 17.7 Å². The monoisotopic (exact) mass is 563 g/mol. The molecule has 2 aromatic heterocycles. The Morgan fingerprint density at radius 3 is 2.10 bits per heavy atom.